The highest BCUT2D eigenvalue weighted by Crippen LogP contribution is 2.62. The number of unbranched alkanes of at least 4 members (excludes halogenated alkanes) is 2. The summed E-state index contributed by atoms with van der Waals surface area (Å²) in [5, 5.41) is 29.9. The van der Waals surface area contributed by atoms with Crippen LogP contribution in [0.4, 0.5) is 9.59 Å². The molecule has 8 rings (SSSR count). The van der Waals surface area contributed by atoms with Crippen LogP contribution in [0.15, 0.2) is 120 Å². The lowest BCUT2D eigenvalue weighted by Gasteiger charge is -2.60. The highest BCUT2D eigenvalue weighted by molar-refractivity contribution is 6.18. The number of halogens is 1. The first-order chi connectivity index (χ1) is 33.4. The van der Waals surface area contributed by atoms with Gasteiger partial charge in [0, 0.05) is 44.1 Å². The van der Waals surface area contributed by atoms with Gasteiger partial charge >= 0.3 is 12.2 Å². The highest BCUT2D eigenvalue weighted by Gasteiger charge is 2.66. The second-order valence-electron chi connectivity index (χ2n) is 18.0. The lowest BCUT2D eigenvalue weighted by molar-refractivity contribution is -0.256. The van der Waals surface area contributed by atoms with E-state index >= 15 is 0 Å². The van der Waals surface area contributed by atoms with Gasteiger partial charge in [-0.3, -0.25) is 4.90 Å². The number of oxime groups is 1. The molecule has 4 aliphatic rings. The molecule has 0 spiro atoms. The zero-order chi connectivity index (χ0) is 47.3. The van der Waals surface area contributed by atoms with E-state index in [1.807, 2.05) is 84.9 Å². The average Bonchev–Trinajstić information content (AvgIpc) is 3.37. The van der Waals surface area contributed by atoms with Gasteiger partial charge in [-0.1, -0.05) is 103 Å². The maximum absolute atomic E-state index is 14.9. The number of alkyl halides is 1. The van der Waals surface area contributed by atoms with E-state index in [-0.39, 0.29) is 69.6 Å². The number of carbonyl (C=O) groups is 2. The summed E-state index contributed by atoms with van der Waals surface area (Å²) in [6, 6.07) is 28.3. The predicted octanol–water partition coefficient (Wildman–Crippen LogP) is 10.2. The van der Waals surface area contributed by atoms with Crippen LogP contribution in [0.3, 0.4) is 0 Å². The van der Waals surface area contributed by atoms with Gasteiger partial charge in [-0.05, 0) is 96.0 Å². The Kier molecular flexibility index (Phi) is 17.1. The number of amides is 2. The maximum atomic E-state index is 14.9. The summed E-state index contributed by atoms with van der Waals surface area (Å²) < 4.78 is 32.6. The molecule has 14 heteroatoms. The molecule has 2 fully saturated rings. The van der Waals surface area contributed by atoms with Crippen LogP contribution in [0.1, 0.15) is 86.8 Å². The fourth-order valence-corrected chi connectivity index (χ4v) is 10.7. The molecule has 1 saturated carbocycles. The SMILES string of the molecule is C=CCOC12Oc3ccc(OC(=O)NCc4ccccc4)cc3C3C(CCCCO)C(CCCCO)C=C(C(=NOC4CCCCO4)CC1N(Cc1cccc4ccccc14)C(=O)OCCCl)C32. The van der Waals surface area contributed by atoms with E-state index in [0.717, 1.165) is 71.6 Å². The molecule has 0 aromatic heterocycles. The van der Waals surface area contributed by atoms with E-state index in [9.17, 15) is 19.8 Å². The molecule has 0 bridgehead atoms. The first kappa shape index (κ1) is 49.0. The topological polar surface area (TPSA) is 158 Å². The largest absolute Gasteiger partial charge is 0.459 e. The van der Waals surface area contributed by atoms with E-state index in [1.165, 1.54) is 0 Å². The molecule has 7 atom stereocenters. The van der Waals surface area contributed by atoms with Gasteiger partial charge in [-0.2, -0.15) is 0 Å². The first-order valence-electron chi connectivity index (χ1n) is 24.2. The van der Waals surface area contributed by atoms with Crippen molar-refractivity contribution < 1.29 is 48.3 Å². The molecule has 1 saturated heterocycles. The van der Waals surface area contributed by atoms with Crippen LogP contribution >= 0.6 is 11.6 Å². The number of hydrogen-bond donors (Lipinski definition) is 3. The number of fused-ring (bicyclic) bond motifs is 3. The van der Waals surface area contributed by atoms with E-state index in [1.54, 1.807) is 17.0 Å². The number of aliphatic hydroxyl groups excluding tert-OH is 2. The molecule has 0 radical (unpaired) electrons. The number of rotatable bonds is 21. The van der Waals surface area contributed by atoms with Crippen molar-refractivity contribution in [1.29, 1.82) is 0 Å². The molecule has 2 aliphatic heterocycles. The second kappa shape index (κ2) is 23.7. The fraction of sp³-hybridized carbons (Fsp3) is 0.463. The molecule has 362 valence electrons. The minimum Gasteiger partial charge on any atom is -0.459 e. The van der Waals surface area contributed by atoms with Gasteiger partial charge in [0.25, 0.3) is 0 Å². The van der Waals surface area contributed by atoms with Crippen LogP contribution in [0.25, 0.3) is 10.8 Å². The molecule has 7 unspecified atom stereocenters. The Morgan fingerprint density at radius 1 is 0.956 bits per heavy atom. The zero-order valence-electron chi connectivity index (χ0n) is 38.6. The Morgan fingerprint density at radius 2 is 1.75 bits per heavy atom. The Labute approximate surface area is 404 Å². The summed E-state index contributed by atoms with van der Waals surface area (Å²) in [6.45, 7) is 5.23. The molecule has 13 nitrogen and oxygen atoms in total. The van der Waals surface area contributed by atoms with Crippen LogP contribution in [0.2, 0.25) is 0 Å². The van der Waals surface area contributed by atoms with Crippen LogP contribution in [0.5, 0.6) is 11.5 Å². The maximum Gasteiger partial charge on any atom is 0.412 e. The fourth-order valence-electron chi connectivity index (χ4n) is 10.7. The average molecular weight is 951 g/mol. The lowest BCUT2D eigenvalue weighted by atomic mass is 9.55. The van der Waals surface area contributed by atoms with Crippen LogP contribution in [-0.2, 0) is 32.1 Å². The zero-order valence-corrected chi connectivity index (χ0v) is 39.4. The third-order valence-electron chi connectivity index (χ3n) is 13.7. The van der Waals surface area contributed by atoms with Gasteiger partial charge in [0.05, 0.1) is 37.3 Å². The smallest absolute Gasteiger partial charge is 0.412 e. The molecular formula is C54H64ClN3O10. The van der Waals surface area contributed by atoms with E-state index in [4.69, 9.17) is 45.3 Å². The lowest BCUT2D eigenvalue weighted by Crippen LogP contribution is -2.70. The number of aliphatic hydroxyl groups is 2. The van der Waals surface area contributed by atoms with Crippen molar-refractivity contribution in [1.82, 2.24) is 10.2 Å². The van der Waals surface area contributed by atoms with Crippen molar-refractivity contribution in [2.24, 2.45) is 22.9 Å². The second-order valence-corrected chi connectivity index (χ2v) is 18.4. The Balaban J connectivity index is 1.31. The molecule has 68 heavy (non-hydrogen) atoms. The Morgan fingerprint density at radius 3 is 2.53 bits per heavy atom. The van der Waals surface area contributed by atoms with Crippen molar-refractivity contribution in [3.63, 3.8) is 0 Å². The van der Waals surface area contributed by atoms with E-state index in [2.05, 4.69) is 18.0 Å². The van der Waals surface area contributed by atoms with E-state index < -0.39 is 36.2 Å². The number of nitrogens with zero attached hydrogens (tertiary/aromatic N) is 2. The van der Waals surface area contributed by atoms with Gasteiger partial charge in [0.15, 0.2) is 0 Å². The summed E-state index contributed by atoms with van der Waals surface area (Å²) in [5.74, 6) is -1.61. The number of hydrogen-bond acceptors (Lipinski definition) is 11. The van der Waals surface area contributed by atoms with Crippen molar-refractivity contribution in [3.8, 4) is 11.5 Å². The summed E-state index contributed by atoms with van der Waals surface area (Å²) in [4.78, 5) is 36.3. The number of nitrogens with one attached hydrogen (secondary N) is 1. The van der Waals surface area contributed by atoms with Crippen molar-refractivity contribution in [3.05, 3.63) is 132 Å². The van der Waals surface area contributed by atoms with Crippen LogP contribution in [-0.4, -0.2) is 90.0 Å². The summed E-state index contributed by atoms with van der Waals surface area (Å²) in [5.41, 5.74) is 4.14. The molecule has 2 aliphatic carbocycles. The minimum absolute atomic E-state index is 0.00792. The van der Waals surface area contributed by atoms with Crippen molar-refractivity contribution >= 4 is 40.3 Å². The summed E-state index contributed by atoms with van der Waals surface area (Å²) in [6.07, 6.45) is 9.23. The van der Waals surface area contributed by atoms with Gasteiger partial charge in [0.1, 0.15) is 24.1 Å². The first-order valence-corrected chi connectivity index (χ1v) is 24.7. The number of benzene rings is 4. The molecular weight excluding hydrogens is 886 g/mol. The third-order valence-corrected chi connectivity index (χ3v) is 13.8. The van der Waals surface area contributed by atoms with E-state index in [0.29, 0.717) is 43.1 Å². The number of carbonyl (C=O) groups excluding carboxylic acids is 2. The van der Waals surface area contributed by atoms with Crippen LogP contribution < -0.4 is 14.8 Å². The standard InChI is InChI=1S/C54H64ClN3O10/c1-2-29-65-54-48(58(53(62)64-31-26-55)36-40-20-14-19-38-17-6-7-21-42(38)40)34-46(57-68-49-23-10-13-30-63-49)44-32-39(18-8-11-27-59)43(22-9-12-28-60)50(51(44)54)45-33-41(24-25-47(45)67-54)66-52(61)56-35-37-15-4-3-5-16-37/h2-7,14-17,19-21,24-25,32-33,39,43,48-51,59-60H,1,8-13,18,22-23,26-31,34-36H2,(H,56,61). The minimum atomic E-state index is -1.55. The molecule has 3 N–H and O–H groups in total. The quantitative estimate of drug-likeness (QED) is 0.0318. The highest BCUT2D eigenvalue weighted by atomic mass is 35.5. The number of ether oxygens (including phenoxy) is 5. The summed E-state index contributed by atoms with van der Waals surface area (Å²) >= 11 is 6.18. The van der Waals surface area contributed by atoms with Gasteiger partial charge < -0.3 is 44.1 Å². The van der Waals surface area contributed by atoms with Crippen molar-refractivity contribution in [2.75, 3.05) is 38.9 Å². The summed E-state index contributed by atoms with van der Waals surface area (Å²) in [7, 11) is 0. The Bertz CT molecular complexity index is 2390. The van der Waals surface area contributed by atoms with Gasteiger partial charge in [0.2, 0.25) is 12.1 Å². The molecule has 2 heterocycles. The Hall–Kier alpha value is -5.44. The third kappa shape index (κ3) is 11.2. The monoisotopic (exact) mass is 949 g/mol. The van der Waals surface area contributed by atoms with Crippen LogP contribution in [0, 0.1) is 17.8 Å². The molecule has 4 aromatic carbocycles. The number of allylic oxidation sites excluding steroid dienone is 1. The molecule has 4 aromatic rings. The normalized spacial score (nSPS) is 24.5. The van der Waals surface area contributed by atoms with Crippen molar-refractivity contribution in [2.45, 2.75) is 101 Å². The predicted molar refractivity (Wildman–Crippen MR) is 260 cm³/mol. The van der Waals surface area contributed by atoms with Gasteiger partial charge in [-0.25, -0.2) is 9.59 Å². The van der Waals surface area contributed by atoms with Gasteiger partial charge in [-0.15, -0.1) is 18.2 Å². The molecule has 2 amide bonds.